The van der Waals surface area contributed by atoms with Crippen molar-refractivity contribution in [1.29, 1.82) is 0 Å². The van der Waals surface area contributed by atoms with Crippen molar-refractivity contribution in [2.45, 2.75) is 12.8 Å². The summed E-state index contributed by atoms with van der Waals surface area (Å²) in [4.78, 5) is 0. The van der Waals surface area contributed by atoms with Gasteiger partial charge in [0.1, 0.15) is 0 Å². The number of nitrogens with zero attached hydrogens (tertiary/aromatic N) is 1. The summed E-state index contributed by atoms with van der Waals surface area (Å²) in [5, 5.41) is 15.9. The second kappa shape index (κ2) is 6.51. The fourth-order valence-corrected chi connectivity index (χ4v) is 2.08. The predicted molar refractivity (Wildman–Crippen MR) is 67.6 cm³/mol. The first-order valence-electron chi connectivity index (χ1n) is 5.40. The Bertz CT molecular complexity index is 334. The van der Waals surface area contributed by atoms with Crippen molar-refractivity contribution in [3.63, 3.8) is 0 Å². The van der Waals surface area contributed by atoms with Gasteiger partial charge in [0.05, 0.1) is 5.71 Å². The van der Waals surface area contributed by atoms with E-state index in [0.29, 0.717) is 5.92 Å². The largest absolute Gasteiger partial charge is 0.411 e. The van der Waals surface area contributed by atoms with Crippen LogP contribution < -0.4 is 5.32 Å². The van der Waals surface area contributed by atoms with E-state index < -0.39 is 0 Å². The highest BCUT2D eigenvalue weighted by Gasteiger charge is 2.20. The normalized spacial score (nSPS) is 17.9. The fourth-order valence-electron chi connectivity index (χ4n) is 2.08. The molecule has 88 valence electrons. The van der Waals surface area contributed by atoms with E-state index in [-0.39, 0.29) is 12.4 Å². The molecular formula is C12H17ClN2O. The van der Waals surface area contributed by atoms with Crippen molar-refractivity contribution < 1.29 is 5.21 Å². The number of hydrogen-bond acceptors (Lipinski definition) is 3. The van der Waals surface area contributed by atoms with Gasteiger partial charge in [-0.3, -0.25) is 0 Å². The second-order valence-corrected chi connectivity index (χ2v) is 3.88. The lowest BCUT2D eigenvalue weighted by Gasteiger charge is -2.23. The lowest BCUT2D eigenvalue weighted by molar-refractivity contribution is 0.311. The maximum atomic E-state index is 9.10. The van der Waals surface area contributed by atoms with Gasteiger partial charge in [-0.15, -0.1) is 12.4 Å². The molecule has 4 heteroatoms. The van der Waals surface area contributed by atoms with E-state index in [4.69, 9.17) is 5.21 Å². The van der Waals surface area contributed by atoms with Crippen molar-refractivity contribution in [3.05, 3.63) is 35.9 Å². The van der Waals surface area contributed by atoms with Gasteiger partial charge in [0.2, 0.25) is 0 Å². The van der Waals surface area contributed by atoms with E-state index in [1.54, 1.807) is 0 Å². The maximum absolute atomic E-state index is 9.10. The highest BCUT2D eigenvalue weighted by Crippen LogP contribution is 2.18. The zero-order valence-corrected chi connectivity index (χ0v) is 9.91. The molecule has 1 heterocycles. The van der Waals surface area contributed by atoms with Crippen LogP contribution in [0.15, 0.2) is 35.5 Å². The molecule has 0 unspecified atom stereocenters. The van der Waals surface area contributed by atoms with Gasteiger partial charge in [0.15, 0.2) is 0 Å². The smallest absolute Gasteiger partial charge is 0.0899 e. The molecule has 1 fully saturated rings. The molecule has 2 rings (SSSR count). The van der Waals surface area contributed by atoms with E-state index in [0.717, 1.165) is 37.2 Å². The van der Waals surface area contributed by atoms with Crippen LogP contribution in [0.2, 0.25) is 0 Å². The minimum atomic E-state index is 0. The Balaban J connectivity index is 0.00000128. The monoisotopic (exact) mass is 240 g/mol. The standard InChI is InChI=1S/C12H16N2O.ClH/c15-14-12(10-4-2-1-3-5-10)11-6-8-13-9-7-11;/h1-5,11,13,15H,6-9H2;1H. The van der Waals surface area contributed by atoms with Crippen LogP contribution in [-0.4, -0.2) is 24.0 Å². The number of nitrogens with one attached hydrogen (secondary N) is 1. The molecule has 1 aromatic carbocycles. The SMILES string of the molecule is Cl.ON=C(c1ccccc1)C1CCNCC1. The van der Waals surface area contributed by atoms with Crippen LogP contribution in [0, 0.1) is 5.92 Å². The molecule has 1 aliphatic heterocycles. The third-order valence-electron chi connectivity index (χ3n) is 2.90. The molecule has 3 nitrogen and oxygen atoms in total. The Hall–Kier alpha value is -1.06. The summed E-state index contributed by atoms with van der Waals surface area (Å²) in [7, 11) is 0. The fraction of sp³-hybridized carbons (Fsp3) is 0.417. The molecule has 1 aliphatic rings. The van der Waals surface area contributed by atoms with E-state index in [2.05, 4.69) is 10.5 Å². The average Bonchev–Trinajstić information content (AvgIpc) is 2.33. The summed E-state index contributed by atoms with van der Waals surface area (Å²) in [6, 6.07) is 9.91. The molecule has 2 N–H and O–H groups in total. The number of piperidine rings is 1. The zero-order chi connectivity index (χ0) is 10.5. The van der Waals surface area contributed by atoms with Crippen LogP contribution in [0.25, 0.3) is 0 Å². The number of oxime groups is 1. The topological polar surface area (TPSA) is 44.6 Å². The molecule has 1 saturated heterocycles. The molecule has 0 spiro atoms. The summed E-state index contributed by atoms with van der Waals surface area (Å²) in [6.45, 7) is 2.02. The second-order valence-electron chi connectivity index (χ2n) is 3.88. The molecule has 16 heavy (non-hydrogen) atoms. The Labute approximate surface area is 102 Å². The summed E-state index contributed by atoms with van der Waals surface area (Å²) < 4.78 is 0. The minimum Gasteiger partial charge on any atom is -0.411 e. The van der Waals surface area contributed by atoms with E-state index in [1.165, 1.54) is 0 Å². The van der Waals surface area contributed by atoms with Gasteiger partial charge < -0.3 is 10.5 Å². The summed E-state index contributed by atoms with van der Waals surface area (Å²) in [6.07, 6.45) is 2.10. The van der Waals surface area contributed by atoms with Crippen LogP contribution in [-0.2, 0) is 0 Å². The first kappa shape index (κ1) is 13.0. The van der Waals surface area contributed by atoms with Crippen molar-refractivity contribution in [3.8, 4) is 0 Å². The van der Waals surface area contributed by atoms with Gasteiger partial charge in [-0.05, 0) is 31.5 Å². The predicted octanol–water partition coefficient (Wildman–Crippen LogP) is 2.29. The quantitative estimate of drug-likeness (QED) is 0.473. The Morgan fingerprint density at radius 2 is 1.81 bits per heavy atom. The van der Waals surface area contributed by atoms with Crippen LogP contribution in [0.4, 0.5) is 0 Å². The maximum Gasteiger partial charge on any atom is 0.0899 e. The summed E-state index contributed by atoms with van der Waals surface area (Å²) >= 11 is 0. The van der Waals surface area contributed by atoms with Crippen molar-refractivity contribution in [1.82, 2.24) is 5.32 Å². The first-order valence-corrected chi connectivity index (χ1v) is 5.40. The molecule has 0 saturated carbocycles. The number of benzene rings is 1. The first-order chi connectivity index (χ1) is 7.42. The van der Waals surface area contributed by atoms with Gasteiger partial charge in [-0.25, -0.2) is 0 Å². The lowest BCUT2D eigenvalue weighted by Crippen LogP contribution is -2.32. The number of hydrogen-bond donors (Lipinski definition) is 2. The van der Waals surface area contributed by atoms with Crippen LogP contribution in [0.1, 0.15) is 18.4 Å². The van der Waals surface area contributed by atoms with Crippen LogP contribution in [0.3, 0.4) is 0 Å². The van der Waals surface area contributed by atoms with E-state index in [1.807, 2.05) is 30.3 Å². The third kappa shape index (κ3) is 2.97. The summed E-state index contributed by atoms with van der Waals surface area (Å²) in [5.74, 6) is 0.388. The van der Waals surface area contributed by atoms with Gasteiger partial charge in [-0.2, -0.15) is 0 Å². The number of halogens is 1. The third-order valence-corrected chi connectivity index (χ3v) is 2.90. The van der Waals surface area contributed by atoms with Gasteiger partial charge in [0, 0.05) is 5.92 Å². The van der Waals surface area contributed by atoms with E-state index >= 15 is 0 Å². The molecule has 0 aromatic heterocycles. The highest BCUT2D eigenvalue weighted by molar-refractivity contribution is 6.01. The van der Waals surface area contributed by atoms with Crippen LogP contribution >= 0.6 is 12.4 Å². The Kier molecular flexibility index (Phi) is 5.29. The molecule has 0 aliphatic carbocycles. The highest BCUT2D eigenvalue weighted by atomic mass is 35.5. The molecule has 0 atom stereocenters. The Morgan fingerprint density at radius 3 is 2.38 bits per heavy atom. The Morgan fingerprint density at radius 1 is 1.19 bits per heavy atom. The number of rotatable bonds is 2. The molecule has 0 amide bonds. The molecule has 0 bridgehead atoms. The van der Waals surface area contributed by atoms with Gasteiger partial charge in [-0.1, -0.05) is 35.5 Å². The average molecular weight is 241 g/mol. The van der Waals surface area contributed by atoms with Crippen molar-refractivity contribution in [2.24, 2.45) is 11.1 Å². The van der Waals surface area contributed by atoms with Crippen molar-refractivity contribution in [2.75, 3.05) is 13.1 Å². The molecule has 0 radical (unpaired) electrons. The van der Waals surface area contributed by atoms with Gasteiger partial charge >= 0.3 is 0 Å². The molecular weight excluding hydrogens is 224 g/mol. The minimum absolute atomic E-state index is 0. The zero-order valence-electron chi connectivity index (χ0n) is 9.10. The summed E-state index contributed by atoms with van der Waals surface area (Å²) in [5.41, 5.74) is 1.86. The van der Waals surface area contributed by atoms with Crippen molar-refractivity contribution >= 4 is 18.1 Å². The lowest BCUT2D eigenvalue weighted by atomic mass is 9.89. The van der Waals surface area contributed by atoms with Crippen LogP contribution in [0.5, 0.6) is 0 Å². The molecule has 1 aromatic rings. The van der Waals surface area contributed by atoms with Gasteiger partial charge in [0.25, 0.3) is 0 Å². The van der Waals surface area contributed by atoms with E-state index in [9.17, 15) is 0 Å².